The number of rotatable bonds is 2. The van der Waals surface area contributed by atoms with Crippen LogP contribution in [0, 0.1) is 0 Å². The summed E-state index contributed by atoms with van der Waals surface area (Å²) in [6, 6.07) is 6.97. The zero-order chi connectivity index (χ0) is 14.3. The molecule has 0 fully saturated rings. The minimum atomic E-state index is 0.0293. The summed E-state index contributed by atoms with van der Waals surface area (Å²) in [7, 11) is 3.91. The first-order chi connectivity index (χ1) is 9.56. The van der Waals surface area contributed by atoms with E-state index >= 15 is 0 Å². The molecule has 1 aliphatic rings. The van der Waals surface area contributed by atoms with Crippen molar-refractivity contribution in [2.24, 2.45) is 0 Å². The standard InChI is InChI=1S/C15H16ClN3O/c1-19(2)14-12-8-7-11(13(12)17-15(16)18-14)9-3-5-10(20)6-4-9/h3-6,11,20H,7-8H2,1-2H3/p-1. The number of hydrogen-bond acceptors (Lipinski definition) is 4. The summed E-state index contributed by atoms with van der Waals surface area (Å²) < 4.78 is 0. The molecule has 1 atom stereocenters. The Morgan fingerprint density at radius 2 is 1.90 bits per heavy atom. The van der Waals surface area contributed by atoms with Crippen LogP contribution in [0.3, 0.4) is 0 Å². The molecule has 0 N–H and O–H groups in total. The van der Waals surface area contributed by atoms with Crippen molar-refractivity contribution in [3.8, 4) is 5.75 Å². The molecular weight excluding hydrogens is 274 g/mol. The largest absolute Gasteiger partial charge is 0.872 e. The SMILES string of the molecule is CN(C)c1nc(Cl)nc2c1CCC2c1ccc([O-])cc1. The van der Waals surface area contributed by atoms with E-state index in [1.165, 1.54) is 0 Å². The van der Waals surface area contributed by atoms with Crippen LogP contribution in [-0.2, 0) is 6.42 Å². The lowest BCUT2D eigenvalue weighted by Crippen LogP contribution is -2.14. The van der Waals surface area contributed by atoms with Gasteiger partial charge in [-0.1, -0.05) is 24.3 Å². The van der Waals surface area contributed by atoms with Gasteiger partial charge in [-0.15, -0.1) is 5.75 Å². The van der Waals surface area contributed by atoms with Crippen molar-refractivity contribution >= 4 is 17.4 Å². The maximum absolute atomic E-state index is 11.2. The van der Waals surface area contributed by atoms with Crippen LogP contribution in [0.25, 0.3) is 0 Å². The lowest BCUT2D eigenvalue weighted by Gasteiger charge is -2.17. The Labute approximate surface area is 123 Å². The van der Waals surface area contributed by atoms with Gasteiger partial charge in [0.1, 0.15) is 5.82 Å². The average Bonchev–Trinajstić information content (AvgIpc) is 2.82. The van der Waals surface area contributed by atoms with Crippen LogP contribution < -0.4 is 10.0 Å². The van der Waals surface area contributed by atoms with Crippen LogP contribution >= 0.6 is 11.6 Å². The molecule has 1 aliphatic carbocycles. The summed E-state index contributed by atoms with van der Waals surface area (Å²) in [5.41, 5.74) is 3.27. The second-order valence-corrected chi connectivity index (χ2v) is 5.57. The molecule has 5 heteroatoms. The summed E-state index contributed by atoms with van der Waals surface area (Å²) in [6.07, 6.45) is 1.91. The van der Waals surface area contributed by atoms with E-state index in [0.29, 0.717) is 0 Å². The van der Waals surface area contributed by atoms with Gasteiger partial charge in [0.25, 0.3) is 0 Å². The number of hydrogen-bond donors (Lipinski definition) is 0. The van der Waals surface area contributed by atoms with Gasteiger partial charge in [-0.2, -0.15) is 0 Å². The van der Waals surface area contributed by atoms with Crippen molar-refractivity contribution in [3.05, 3.63) is 46.4 Å². The predicted molar refractivity (Wildman–Crippen MR) is 77.4 cm³/mol. The van der Waals surface area contributed by atoms with E-state index in [4.69, 9.17) is 11.6 Å². The molecule has 3 rings (SSSR count). The van der Waals surface area contributed by atoms with Gasteiger partial charge in [0.2, 0.25) is 5.28 Å². The molecule has 1 aromatic carbocycles. The van der Waals surface area contributed by atoms with Crippen LogP contribution in [0.2, 0.25) is 5.28 Å². The third-order valence-electron chi connectivity index (χ3n) is 3.71. The smallest absolute Gasteiger partial charge is 0.224 e. The first kappa shape index (κ1) is 13.2. The summed E-state index contributed by atoms with van der Waals surface area (Å²) >= 11 is 6.05. The molecule has 0 amide bonds. The predicted octanol–water partition coefficient (Wildman–Crippen LogP) is 2.35. The molecule has 1 heterocycles. The molecule has 0 aliphatic heterocycles. The molecule has 0 saturated heterocycles. The highest BCUT2D eigenvalue weighted by Crippen LogP contribution is 2.40. The van der Waals surface area contributed by atoms with E-state index in [2.05, 4.69) is 9.97 Å². The third-order valence-corrected chi connectivity index (χ3v) is 3.88. The van der Waals surface area contributed by atoms with Crippen LogP contribution in [-0.4, -0.2) is 24.1 Å². The highest BCUT2D eigenvalue weighted by molar-refractivity contribution is 6.28. The summed E-state index contributed by atoms with van der Waals surface area (Å²) in [6.45, 7) is 0. The van der Waals surface area contributed by atoms with Crippen molar-refractivity contribution in [3.63, 3.8) is 0 Å². The molecular formula is C15H15ClN3O-. The average molecular weight is 289 g/mol. The Morgan fingerprint density at radius 3 is 2.55 bits per heavy atom. The van der Waals surface area contributed by atoms with Crippen LogP contribution in [0.4, 0.5) is 5.82 Å². The molecule has 2 aromatic rings. The molecule has 0 spiro atoms. The Morgan fingerprint density at radius 1 is 1.20 bits per heavy atom. The highest BCUT2D eigenvalue weighted by atomic mass is 35.5. The van der Waals surface area contributed by atoms with E-state index in [9.17, 15) is 5.11 Å². The first-order valence-corrected chi connectivity index (χ1v) is 6.94. The molecule has 1 aromatic heterocycles. The van der Waals surface area contributed by atoms with Crippen molar-refractivity contribution < 1.29 is 5.11 Å². The summed E-state index contributed by atoms with van der Waals surface area (Å²) in [4.78, 5) is 10.7. The Balaban J connectivity index is 2.08. The van der Waals surface area contributed by atoms with E-state index in [1.54, 1.807) is 12.1 Å². The van der Waals surface area contributed by atoms with Crippen LogP contribution in [0.1, 0.15) is 29.2 Å². The van der Waals surface area contributed by atoms with Crippen LogP contribution in [0.5, 0.6) is 5.75 Å². The van der Waals surface area contributed by atoms with Crippen molar-refractivity contribution in [1.29, 1.82) is 0 Å². The second kappa shape index (κ2) is 4.94. The molecule has 4 nitrogen and oxygen atoms in total. The fraction of sp³-hybridized carbons (Fsp3) is 0.333. The first-order valence-electron chi connectivity index (χ1n) is 6.57. The molecule has 20 heavy (non-hydrogen) atoms. The molecule has 0 saturated carbocycles. The van der Waals surface area contributed by atoms with Crippen molar-refractivity contribution in [2.75, 3.05) is 19.0 Å². The topological polar surface area (TPSA) is 52.1 Å². The maximum Gasteiger partial charge on any atom is 0.224 e. The van der Waals surface area contributed by atoms with Gasteiger partial charge >= 0.3 is 0 Å². The highest BCUT2D eigenvalue weighted by Gasteiger charge is 2.29. The third kappa shape index (κ3) is 2.20. The molecule has 104 valence electrons. The maximum atomic E-state index is 11.2. The van der Waals surface area contributed by atoms with Crippen molar-refractivity contribution in [1.82, 2.24) is 9.97 Å². The molecule has 0 radical (unpaired) electrons. The monoisotopic (exact) mass is 288 g/mol. The zero-order valence-electron chi connectivity index (χ0n) is 11.4. The van der Waals surface area contributed by atoms with Gasteiger partial charge in [-0.25, -0.2) is 9.97 Å². The quantitative estimate of drug-likeness (QED) is 0.796. The van der Waals surface area contributed by atoms with Crippen molar-refractivity contribution in [2.45, 2.75) is 18.8 Å². The second-order valence-electron chi connectivity index (χ2n) is 5.23. The van der Waals surface area contributed by atoms with E-state index in [1.807, 2.05) is 31.1 Å². The van der Waals surface area contributed by atoms with E-state index in [-0.39, 0.29) is 17.0 Å². The lowest BCUT2D eigenvalue weighted by atomic mass is 9.96. The zero-order valence-corrected chi connectivity index (χ0v) is 12.2. The number of fused-ring (bicyclic) bond motifs is 1. The van der Waals surface area contributed by atoms with Gasteiger partial charge in [0.15, 0.2) is 0 Å². The summed E-state index contributed by atoms with van der Waals surface area (Å²) in [5.74, 6) is 1.12. The van der Waals surface area contributed by atoms with Gasteiger partial charge < -0.3 is 10.0 Å². The van der Waals surface area contributed by atoms with E-state index in [0.717, 1.165) is 35.5 Å². The number of anilines is 1. The minimum Gasteiger partial charge on any atom is -0.872 e. The normalized spacial score (nSPS) is 17.1. The molecule has 1 unspecified atom stereocenters. The fourth-order valence-corrected chi connectivity index (χ4v) is 2.98. The van der Waals surface area contributed by atoms with Gasteiger partial charge in [-0.3, -0.25) is 0 Å². The van der Waals surface area contributed by atoms with Gasteiger partial charge in [-0.05, 0) is 30.0 Å². The number of aromatic nitrogens is 2. The summed E-state index contributed by atoms with van der Waals surface area (Å²) in [5, 5.41) is 11.5. The van der Waals surface area contributed by atoms with Gasteiger partial charge in [0.05, 0.1) is 5.69 Å². The van der Waals surface area contributed by atoms with Crippen LogP contribution in [0.15, 0.2) is 24.3 Å². The fourth-order valence-electron chi connectivity index (χ4n) is 2.81. The number of nitrogens with zero attached hydrogens (tertiary/aromatic N) is 3. The van der Waals surface area contributed by atoms with E-state index < -0.39 is 0 Å². The number of benzene rings is 1. The van der Waals surface area contributed by atoms with Gasteiger partial charge in [0, 0.05) is 25.6 Å². The molecule has 0 bridgehead atoms. The Bertz CT molecular complexity index is 640. The Kier molecular flexibility index (Phi) is 3.26. The lowest BCUT2D eigenvalue weighted by molar-refractivity contribution is -0.268. The Hall–Kier alpha value is -1.81. The minimum absolute atomic E-state index is 0.0293. The number of halogens is 1.